The van der Waals surface area contributed by atoms with Crippen LogP contribution in [0.4, 0.5) is 0 Å². The predicted octanol–water partition coefficient (Wildman–Crippen LogP) is 1.83. The number of rotatable bonds is 5. The largest absolute Gasteiger partial charge is 0.496 e. The van der Waals surface area contributed by atoms with Crippen LogP contribution in [-0.2, 0) is 16.0 Å². The first-order valence-electron chi connectivity index (χ1n) is 8.39. The van der Waals surface area contributed by atoms with Crippen molar-refractivity contribution in [1.29, 1.82) is 0 Å². The summed E-state index contributed by atoms with van der Waals surface area (Å²) in [6.45, 7) is 2.44. The fourth-order valence-electron chi connectivity index (χ4n) is 2.80. The van der Waals surface area contributed by atoms with Gasteiger partial charge in [-0.05, 0) is 12.1 Å². The molecule has 3 aromatic rings. The molecule has 0 saturated carbocycles. The maximum atomic E-state index is 5.63. The number of methoxy groups -OCH3 is 1. The van der Waals surface area contributed by atoms with Gasteiger partial charge in [-0.25, -0.2) is 14.6 Å². The number of ether oxygens (including phenoxy) is 3. The van der Waals surface area contributed by atoms with Crippen molar-refractivity contribution in [2.45, 2.75) is 12.6 Å². The molecule has 0 amide bonds. The highest BCUT2D eigenvalue weighted by molar-refractivity contribution is 5.65. The second kappa shape index (κ2) is 7.59. The standard InChI is InChI=1S/C18H19N5O3/c1-24-17-5-3-2-4-15(17)18-19-8-13(9-20-18)16-11-23(22-21-16)10-14-12-25-6-7-26-14/h2-5,8-9,11,14H,6-7,10,12H2,1H3. The molecule has 0 spiro atoms. The van der Waals surface area contributed by atoms with Gasteiger partial charge in [-0.3, -0.25) is 0 Å². The smallest absolute Gasteiger partial charge is 0.162 e. The SMILES string of the molecule is COc1ccccc1-c1ncc(-c2cn(CC3COCCO3)nn2)cn1. The van der Waals surface area contributed by atoms with Gasteiger partial charge < -0.3 is 14.2 Å². The molecule has 8 nitrogen and oxygen atoms in total. The minimum absolute atomic E-state index is 0.00229. The molecule has 1 saturated heterocycles. The molecule has 1 aliphatic rings. The molecule has 1 fully saturated rings. The number of nitrogens with zero attached hydrogens (tertiary/aromatic N) is 5. The van der Waals surface area contributed by atoms with Crippen LogP contribution < -0.4 is 4.74 Å². The van der Waals surface area contributed by atoms with E-state index in [1.807, 2.05) is 30.5 Å². The van der Waals surface area contributed by atoms with E-state index in [1.54, 1.807) is 24.2 Å². The van der Waals surface area contributed by atoms with E-state index < -0.39 is 0 Å². The lowest BCUT2D eigenvalue weighted by Gasteiger charge is -2.22. The van der Waals surface area contributed by atoms with Crippen molar-refractivity contribution in [1.82, 2.24) is 25.0 Å². The topological polar surface area (TPSA) is 84.2 Å². The quantitative estimate of drug-likeness (QED) is 0.692. The lowest BCUT2D eigenvalue weighted by Crippen LogP contribution is -2.32. The molecule has 4 rings (SSSR count). The molecule has 1 unspecified atom stereocenters. The monoisotopic (exact) mass is 353 g/mol. The van der Waals surface area contributed by atoms with E-state index in [9.17, 15) is 0 Å². The molecule has 0 bridgehead atoms. The lowest BCUT2D eigenvalue weighted by atomic mass is 10.2. The Kier molecular flexibility index (Phi) is 4.85. The molecule has 0 radical (unpaired) electrons. The number of aromatic nitrogens is 5. The third kappa shape index (κ3) is 3.56. The van der Waals surface area contributed by atoms with Crippen LogP contribution in [0.2, 0.25) is 0 Å². The second-order valence-corrected chi connectivity index (χ2v) is 5.89. The molecule has 1 atom stereocenters. The van der Waals surface area contributed by atoms with Gasteiger partial charge in [0.15, 0.2) is 5.82 Å². The van der Waals surface area contributed by atoms with Gasteiger partial charge in [0.2, 0.25) is 0 Å². The van der Waals surface area contributed by atoms with Crippen molar-refractivity contribution in [2.24, 2.45) is 0 Å². The van der Waals surface area contributed by atoms with Crippen LogP contribution in [0.5, 0.6) is 5.75 Å². The highest BCUT2D eigenvalue weighted by Crippen LogP contribution is 2.27. The molecule has 26 heavy (non-hydrogen) atoms. The van der Waals surface area contributed by atoms with E-state index in [4.69, 9.17) is 14.2 Å². The minimum atomic E-state index is 0.00229. The van der Waals surface area contributed by atoms with Gasteiger partial charge in [0, 0.05) is 18.0 Å². The molecule has 3 heterocycles. The summed E-state index contributed by atoms with van der Waals surface area (Å²) >= 11 is 0. The summed E-state index contributed by atoms with van der Waals surface area (Å²) in [6, 6.07) is 7.65. The van der Waals surface area contributed by atoms with Gasteiger partial charge in [-0.2, -0.15) is 0 Å². The Labute approximate surface area is 150 Å². The highest BCUT2D eigenvalue weighted by Gasteiger charge is 2.16. The summed E-state index contributed by atoms with van der Waals surface area (Å²) in [5.74, 6) is 1.34. The number of para-hydroxylation sites is 1. The molecular formula is C18H19N5O3. The Hall–Kier alpha value is -2.84. The van der Waals surface area contributed by atoms with E-state index >= 15 is 0 Å². The maximum Gasteiger partial charge on any atom is 0.162 e. The van der Waals surface area contributed by atoms with Gasteiger partial charge in [-0.1, -0.05) is 17.3 Å². The van der Waals surface area contributed by atoms with Crippen molar-refractivity contribution >= 4 is 0 Å². The summed E-state index contributed by atoms with van der Waals surface area (Å²) in [5.41, 5.74) is 2.36. The minimum Gasteiger partial charge on any atom is -0.496 e. The van der Waals surface area contributed by atoms with Crippen LogP contribution in [0, 0.1) is 0 Å². The van der Waals surface area contributed by atoms with Crippen LogP contribution in [0.15, 0.2) is 42.9 Å². The Morgan fingerprint density at radius 3 is 2.81 bits per heavy atom. The molecule has 134 valence electrons. The Morgan fingerprint density at radius 2 is 2.04 bits per heavy atom. The fraction of sp³-hybridized carbons (Fsp3) is 0.333. The molecular weight excluding hydrogens is 334 g/mol. The van der Waals surface area contributed by atoms with E-state index in [0.29, 0.717) is 37.9 Å². The molecule has 2 aromatic heterocycles. The summed E-state index contributed by atoms with van der Waals surface area (Å²) in [5, 5.41) is 8.35. The predicted molar refractivity (Wildman–Crippen MR) is 93.6 cm³/mol. The molecule has 1 aliphatic heterocycles. The molecule has 1 aromatic carbocycles. The van der Waals surface area contributed by atoms with Gasteiger partial charge in [-0.15, -0.1) is 5.10 Å². The zero-order valence-electron chi connectivity index (χ0n) is 14.4. The molecule has 0 N–H and O–H groups in total. The first-order valence-corrected chi connectivity index (χ1v) is 8.39. The van der Waals surface area contributed by atoms with E-state index in [-0.39, 0.29) is 6.10 Å². The van der Waals surface area contributed by atoms with Gasteiger partial charge in [0.25, 0.3) is 0 Å². The third-order valence-corrected chi connectivity index (χ3v) is 4.11. The highest BCUT2D eigenvalue weighted by atomic mass is 16.6. The average Bonchev–Trinajstić information content (AvgIpc) is 3.17. The Bertz CT molecular complexity index is 859. The third-order valence-electron chi connectivity index (χ3n) is 4.11. The van der Waals surface area contributed by atoms with Crippen LogP contribution >= 0.6 is 0 Å². The average molecular weight is 353 g/mol. The fourth-order valence-corrected chi connectivity index (χ4v) is 2.80. The van der Waals surface area contributed by atoms with Crippen molar-refractivity contribution in [3.63, 3.8) is 0 Å². The van der Waals surface area contributed by atoms with Crippen molar-refractivity contribution in [2.75, 3.05) is 26.9 Å². The maximum absolute atomic E-state index is 5.63. The zero-order chi connectivity index (χ0) is 17.8. The van der Waals surface area contributed by atoms with E-state index in [0.717, 1.165) is 16.9 Å². The van der Waals surface area contributed by atoms with Crippen molar-refractivity contribution < 1.29 is 14.2 Å². The van der Waals surface area contributed by atoms with Gasteiger partial charge in [0.1, 0.15) is 17.5 Å². The van der Waals surface area contributed by atoms with E-state index in [1.165, 1.54) is 0 Å². The first kappa shape index (κ1) is 16.6. The van der Waals surface area contributed by atoms with Gasteiger partial charge >= 0.3 is 0 Å². The Balaban J connectivity index is 1.50. The number of hydrogen-bond acceptors (Lipinski definition) is 7. The van der Waals surface area contributed by atoms with Crippen LogP contribution in [0.3, 0.4) is 0 Å². The molecule has 0 aliphatic carbocycles. The van der Waals surface area contributed by atoms with Crippen molar-refractivity contribution in [3.05, 3.63) is 42.9 Å². The summed E-state index contributed by atoms with van der Waals surface area (Å²) in [6.07, 6.45) is 5.34. The van der Waals surface area contributed by atoms with Crippen LogP contribution in [-0.4, -0.2) is 58.0 Å². The van der Waals surface area contributed by atoms with Crippen LogP contribution in [0.25, 0.3) is 22.6 Å². The van der Waals surface area contributed by atoms with Crippen molar-refractivity contribution in [3.8, 4) is 28.4 Å². The lowest BCUT2D eigenvalue weighted by molar-refractivity contribution is -0.0947. The van der Waals surface area contributed by atoms with Gasteiger partial charge in [0.05, 0.1) is 45.2 Å². The summed E-state index contributed by atoms with van der Waals surface area (Å²) in [7, 11) is 1.63. The Morgan fingerprint density at radius 1 is 1.19 bits per heavy atom. The summed E-state index contributed by atoms with van der Waals surface area (Å²) < 4.78 is 18.2. The van der Waals surface area contributed by atoms with Crippen LogP contribution in [0.1, 0.15) is 0 Å². The first-order chi connectivity index (χ1) is 12.8. The second-order valence-electron chi connectivity index (χ2n) is 5.89. The summed E-state index contributed by atoms with van der Waals surface area (Å²) in [4.78, 5) is 8.89. The molecule has 8 heteroatoms. The zero-order valence-corrected chi connectivity index (χ0v) is 14.4. The van der Waals surface area contributed by atoms with E-state index in [2.05, 4.69) is 20.3 Å². The number of hydrogen-bond donors (Lipinski definition) is 0. The number of benzene rings is 1. The normalized spacial score (nSPS) is 17.2.